The number of carbonyl (C=O) groups excluding carboxylic acids is 2. The SMILES string of the molecule is CCC(NC(C)C(=O)N(C)C)C(N)=O. The van der Waals surface area contributed by atoms with Crippen LogP contribution in [0.2, 0.25) is 0 Å². The fourth-order valence-corrected chi connectivity index (χ4v) is 1.16. The Morgan fingerprint density at radius 2 is 1.93 bits per heavy atom. The Hall–Kier alpha value is -1.10. The number of carbonyl (C=O) groups is 2. The fraction of sp³-hybridized carbons (Fsp3) is 0.778. The predicted molar refractivity (Wildman–Crippen MR) is 54.6 cm³/mol. The summed E-state index contributed by atoms with van der Waals surface area (Å²) in [7, 11) is 3.34. The average Bonchev–Trinajstić information content (AvgIpc) is 2.11. The van der Waals surface area contributed by atoms with E-state index in [0.717, 1.165) is 0 Å². The van der Waals surface area contributed by atoms with Crippen molar-refractivity contribution in [1.29, 1.82) is 0 Å². The number of hydrogen-bond donors (Lipinski definition) is 2. The molecule has 82 valence electrons. The molecule has 0 radical (unpaired) electrons. The molecule has 0 aliphatic heterocycles. The first-order valence-electron chi connectivity index (χ1n) is 4.66. The van der Waals surface area contributed by atoms with Gasteiger partial charge in [-0.25, -0.2) is 0 Å². The maximum Gasteiger partial charge on any atom is 0.238 e. The molecule has 0 aliphatic rings. The van der Waals surface area contributed by atoms with Gasteiger partial charge >= 0.3 is 0 Å². The van der Waals surface area contributed by atoms with Crippen LogP contribution in [0.3, 0.4) is 0 Å². The summed E-state index contributed by atoms with van der Waals surface area (Å²) in [6.07, 6.45) is 0.584. The molecule has 0 aromatic rings. The number of nitrogens with one attached hydrogen (secondary N) is 1. The fourth-order valence-electron chi connectivity index (χ4n) is 1.16. The van der Waals surface area contributed by atoms with E-state index in [0.29, 0.717) is 6.42 Å². The Kier molecular flexibility index (Phi) is 5.15. The minimum atomic E-state index is -0.436. The van der Waals surface area contributed by atoms with Crippen molar-refractivity contribution >= 4 is 11.8 Å². The van der Waals surface area contributed by atoms with Gasteiger partial charge in [-0.2, -0.15) is 0 Å². The number of hydrogen-bond acceptors (Lipinski definition) is 3. The van der Waals surface area contributed by atoms with Gasteiger partial charge < -0.3 is 10.6 Å². The van der Waals surface area contributed by atoms with Crippen molar-refractivity contribution in [1.82, 2.24) is 10.2 Å². The van der Waals surface area contributed by atoms with Crippen LogP contribution in [-0.4, -0.2) is 42.9 Å². The second-order valence-electron chi connectivity index (χ2n) is 3.48. The molecule has 3 N–H and O–H groups in total. The maximum absolute atomic E-state index is 11.4. The van der Waals surface area contributed by atoms with E-state index >= 15 is 0 Å². The molecule has 2 atom stereocenters. The van der Waals surface area contributed by atoms with E-state index in [9.17, 15) is 9.59 Å². The lowest BCUT2D eigenvalue weighted by molar-refractivity contribution is -0.131. The van der Waals surface area contributed by atoms with E-state index in [4.69, 9.17) is 5.73 Å². The highest BCUT2D eigenvalue weighted by Gasteiger charge is 2.20. The monoisotopic (exact) mass is 201 g/mol. The number of primary amides is 1. The third-order valence-electron chi connectivity index (χ3n) is 2.01. The van der Waals surface area contributed by atoms with E-state index in [1.807, 2.05) is 6.92 Å². The van der Waals surface area contributed by atoms with Gasteiger partial charge in [0.2, 0.25) is 11.8 Å². The molecule has 2 amide bonds. The molecule has 5 nitrogen and oxygen atoms in total. The van der Waals surface area contributed by atoms with Crippen molar-refractivity contribution < 1.29 is 9.59 Å². The van der Waals surface area contributed by atoms with Gasteiger partial charge in [0, 0.05) is 14.1 Å². The summed E-state index contributed by atoms with van der Waals surface area (Å²) in [5, 5.41) is 2.88. The number of amides is 2. The molecule has 0 spiro atoms. The first-order valence-corrected chi connectivity index (χ1v) is 4.66. The molecule has 0 aromatic heterocycles. The summed E-state index contributed by atoms with van der Waals surface area (Å²) in [6, 6.07) is -0.823. The molecule has 0 aromatic carbocycles. The quantitative estimate of drug-likeness (QED) is 0.618. The van der Waals surface area contributed by atoms with Gasteiger partial charge in [-0.1, -0.05) is 6.92 Å². The van der Waals surface area contributed by atoms with Gasteiger partial charge in [0.1, 0.15) is 0 Å². The topological polar surface area (TPSA) is 75.4 Å². The number of nitrogens with zero attached hydrogens (tertiary/aromatic N) is 1. The maximum atomic E-state index is 11.4. The van der Waals surface area contributed by atoms with Crippen LogP contribution in [0.15, 0.2) is 0 Å². The van der Waals surface area contributed by atoms with Crippen molar-refractivity contribution in [2.75, 3.05) is 14.1 Å². The number of nitrogens with two attached hydrogens (primary N) is 1. The van der Waals surface area contributed by atoms with Crippen LogP contribution in [0.4, 0.5) is 0 Å². The van der Waals surface area contributed by atoms with E-state index in [1.165, 1.54) is 4.90 Å². The summed E-state index contributed by atoms with van der Waals surface area (Å²) >= 11 is 0. The Morgan fingerprint density at radius 3 is 2.21 bits per heavy atom. The van der Waals surface area contributed by atoms with Crippen LogP contribution in [0.25, 0.3) is 0 Å². The highest BCUT2D eigenvalue weighted by atomic mass is 16.2. The van der Waals surface area contributed by atoms with Crippen LogP contribution in [-0.2, 0) is 9.59 Å². The largest absolute Gasteiger partial charge is 0.368 e. The lowest BCUT2D eigenvalue weighted by Crippen LogP contribution is -2.50. The zero-order valence-electron chi connectivity index (χ0n) is 9.20. The normalized spacial score (nSPS) is 14.6. The molecule has 2 unspecified atom stereocenters. The van der Waals surface area contributed by atoms with Gasteiger partial charge in [-0.15, -0.1) is 0 Å². The first-order chi connectivity index (χ1) is 6.40. The highest BCUT2D eigenvalue weighted by molar-refractivity contribution is 5.84. The third-order valence-corrected chi connectivity index (χ3v) is 2.01. The molecule has 0 fully saturated rings. The summed E-state index contributed by atoms with van der Waals surface area (Å²) in [4.78, 5) is 23.8. The smallest absolute Gasteiger partial charge is 0.238 e. The van der Waals surface area contributed by atoms with Gasteiger partial charge in [-0.05, 0) is 13.3 Å². The van der Waals surface area contributed by atoms with Crippen LogP contribution in [0.1, 0.15) is 20.3 Å². The first kappa shape index (κ1) is 12.9. The minimum absolute atomic E-state index is 0.0651. The number of rotatable bonds is 5. The molecular weight excluding hydrogens is 182 g/mol. The Labute approximate surface area is 84.6 Å². The lowest BCUT2D eigenvalue weighted by atomic mass is 10.2. The van der Waals surface area contributed by atoms with E-state index in [2.05, 4.69) is 5.32 Å². The van der Waals surface area contributed by atoms with Gasteiger partial charge in [0.25, 0.3) is 0 Å². The van der Waals surface area contributed by atoms with Gasteiger partial charge in [-0.3, -0.25) is 14.9 Å². The molecular formula is C9H19N3O2. The molecule has 0 saturated heterocycles. The Bertz CT molecular complexity index is 216. The molecule has 0 aliphatic carbocycles. The van der Waals surface area contributed by atoms with E-state index in [1.54, 1.807) is 21.0 Å². The highest BCUT2D eigenvalue weighted by Crippen LogP contribution is 1.95. The van der Waals surface area contributed by atoms with Crippen LogP contribution in [0.5, 0.6) is 0 Å². The van der Waals surface area contributed by atoms with E-state index in [-0.39, 0.29) is 11.9 Å². The second kappa shape index (κ2) is 5.59. The average molecular weight is 201 g/mol. The van der Waals surface area contributed by atoms with Crippen LogP contribution in [0, 0.1) is 0 Å². The molecule has 5 heteroatoms. The third kappa shape index (κ3) is 3.74. The Morgan fingerprint density at radius 1 is 1.43 bits per heavy atom. The molecule has 0 rings (SSSR count). The van der Waals surface area contributed by atoms with Crippen molar-refractivity contribution in [3.05, 3.63) is 0 Å². The zero-order chi connectivity index (χ0) is 11.3. The van der Waals surface area contributed by atoms with Crippen LogP contribution >= 0.6 is 0 Å². The van der Waals surface area contributed by atoms with Crippen molar-refractivity contribution in [3.63, 3.8) is 0 Å². The minimum Gasteiger partial charge on any atom is -0.368 e. The standard InChI is InChI=1S/C9H19N3O2/c1-5-7(8(10)13)11-6(2)9(14)12(3)4/h6-7,11H,5H2,1-4H3,(H2,10,13). The van der Waals surface area contributed by atoms with Gasteiger partial charge in [0.05, 0.1) is 12.1 Å². The van der Waals surface area contributed by atoms with Crippen molar-refractivity contribution in [3.8, 4) is 0 Å². The second-order valence-corrected chi connectivity index (χ2v) is 3.48. The molecule has 14 heavy (non-hydrogen) atoms. The molecule has 0 bridgehead atoms. The Balaban J connectivity index is 4.22. The van der Waals surface area contributed by atoms with Gasteiger partial charge in [0.15, 0.2) is 0 Å². The van der Waals surface area contributed by atoms with Crippen molar-refractivity contribution in [2.24, 2.45) is 5.73 Å². The summed E-state index contributed by atoms with van der Waals surface area (Å²) in [5.74, 6) is -0.490. The summed E-state index contributed by atoms with van der Waals surface area (Å²) in [6.45, 7) is 3.56. The van der Waals surface area contributed by atoms with Crippen LogP contribution < -0.4 is 11.1 Å². The number of likely N-dealkylation sites (N-methyl/N-ethyl adjacent to an activating group) is 1. The molecule has 0 heterocycles. The zero-order valence-corrected chi connectivity index (χ0v) is 9.20. The molecule has 0 saturated carbocycles. The predicted octanol–water partition coefficient (Wildman–Crippen LogP) is -0.683. The summed E-state index contributed by atoms with van der Waals surface area (Å²) < 4.78 is 0. The summed E-state index contributed by atoms with van der Waals surface area (Å²) in [5.41, 5.74) is 5.15. The lowest BCUT2D eigenvalue weighted by Gasteiger charge is -2.21. The van der Waals surface area contributed by atoms with Crippen molar-refractivity contribution in [2.45, 2.75) is 32.4 Å². The van der Waals surface area contributed by atoms with E-state index < -0.39 is 11.9 Å².